The lowest BCUT2D eigenvalue weighted by molar-refractivity contribution is 0.785. The SMILES string of the molecule is NC(N)=NN=C(c1ccccc1)c1cc2cc(N(Cc3ccccc3)Cc3ccccc3)ncc2[nH]1. The highest BCUT2D eigenvalue weighted by Crippen LogP contribution is 2.25. The van der Waals surface area contributed by atoms with E-state index in [1.54, 1.807) is 0 Å². The van der Waals surface area contributed by atoms with Crippen molar-refractivity contribution in [1.29, 1.82) is 0 Å². The average Bonchev–Trinajstić information content (AvgIpc) is 3.33. The number of aromatic amines is 1. The van der Waals surface area contributed by atoms with Gasteiger partial charge in [0, 0.05) is 24.0 Å². The van der Waals surface area contributed by atoms with Gasteiger partial charge in [-0.25, -0.2) is 4.98 Å². The fraction of sp³-hybridized carbons (Fsp3) is 0.0690. The second-order valence-electron chi connectivity index (χ2n) is 8.48. The van der Waals surface area contributed by atoms with Gasteiger partial charge < -0.3 is 21.4 Å². The predicted octanol–water partition coefficient (Wildman–Crippen LogP) is 4.80. The molecule has 0 aliphatic heterocycles. The Morgan fingerprint density at radius 1 is 0.750 bits per heavy atom. The lowest BCUT2D eigenvalue weighted by atomic mass is 10.1. The van der Waals surface area contributed by atoms with Crippen molar-refractivity contribution < 1.29 is 0 Å². The zero-order valence-corrected chi connectivity index (χ0v) is 19.8. The molecule has 0 bridgehead atoms. The van der Waals surface area contributed by atoms with Crippen molar-refractivity contribution in [1.82, 2.24) is 9.97 Å². The Morgan fingerprint density at radius 3 is 1.92 bits per heavy atom. The van der Waals surface area contributed by atoms with E-state index in [9.17, 15) is 0 Å². The van der Waals surface area contributed by atoms with Crippen LogP contribution in [0.1, 0.15) is 22.4 Å². The minimum Gasteiger partial charge on any atom is -0.369 e. The maximum atomic E-state index is 5.55. The van der Waals surface area contributed by atoms with Gasteiger partial charge in [0.1, 0.15) is 11.5 Å². The van der Waals surface area contributed by atoms with Crippen molar-refractivity contribution in [3.8, 4) is 0 Å². The smallest absolute Gasteiger partial charge is 0.211 e. The van der Waals surface area contributed by atoms with Crippen LogP contribution in [0.4, 0.5) is 5.82 Å². The molecule has 0 aliphatic rings. The summed E-state index contributed by atoms with van der Waals surface area (Å²) in [6, 6.07) is 34.8. The van der Waals surface area contributed by atoms with E-state index in [0.717, 1.165) is 41.1 Å². The Morgan fingerprint density at radius 2 is 1.33 bits per heavy atom. The van der Waals surface area contributed by atoms with E-state index in [1.165, 1.54) is 11.1 Å². The summed E-state index contributed by atoms with van der Waals surface area (Å²) in [5.41, 5.74) is 16.8. The summed E-state index contributed by atoms with van der Waals surface area (Å²) in [6.45, 7) is 1.49. The molecular formula is C29H27N7. The monoisotopic (exact) mass is 473 g/mol. The quantitative estimate of drug-likeness (QED) is 0.171. The van der Waals surface area contributed by atoms with Crippen LogP contribution in [0.5, 0.6) is 0 Å². The van der Waals surface area contributed by atoms with Gasteiger partial charge in [-0.15, -0.1) is 10.2 Å². The molecule has 5 aromatic rings. The number of hydrogen-bond acceptors (Lipinski definition) is 4. The van der Waals surface area contributed by atoms with Crippen molar-refractivity contribution >= 4 is 28.4 Å². The number of H-pyrrole nitrogens is 1. The van der Waals surface area contributed by atoms with Gasteiger partial charge >= 0.3 is 0 Å². The minimum absolute atomic E-state index is 0.0963. The average molecular weight is 474 g/mol. The fourth-order valence-corrected chi connectivity index (χ4v) is 4.12. The van der Waals surface area contributed by atoms with Crippen molar-refractivity contribution in [2.24, 2.45) is 21.7 Å². The molecule has 0 atom stereocenters. The molecule has 0 saturated heterocycles. The van der Waals surface area contributed by atoms with E-state index in [2.05, 4.69) is 80.8 Å². The highest BCUT2D eigenvalue weighted by atomic mass is 15.3. The van der Waals surface area contributed by atoms with E-state index in [0.29, 0.717) is 5.71 Å². The van der Waals surface area contributed by atoms with Gasteiger partial charge in [0.05, 0.1) is 17.4 Å². The first-order chi connectivity index (χ1) is 17.7. The number of hydrogen-bond donors (Lipinski definition) is 3. The Labute approximate surface area is 209 Å². The standard InChI is InChI=1S/C29H27N7/c30-29(31)35-34-28(23-14-8-3-9-15-23)25-16-24-17-27(32-18-26(24)33-25)36(19-21-10-4-1-5-11-21)20-22-12-6-2-7-13-22/h1-18,33H,19-20H2,(H4,30,31,35). The number of pyridine rings is 1. The Kier molecular flexibility index (Phi) is 6.71. The van der Waals surface area contributed by atoms with Crippen LogP contribution >= 0.6 is 0 Å². The molecule has 2 aromatic heterocycles. The molecule has 0 saturated carbocycles. The zero-order chi connectivity index (χ0) is 24.7. The summed E-state index contributed by atoms with van der Waals surface area (Å²) in [6.07, 6.45) is 1.86. The third-order valence-electron chi connectivity index (χ3n) is 5.82. The topological polar surface area (TPSA) is 109 Å². The first-order valence-electron chi connectivity index (χ1n) is 11.7. The summed E-state index contributed by atoms with van der Waals surface area (Å²) in [5, 5.41) is 9.25. The van der Waals surface area contributed by atoms with Crippen molar-refractivity contribution in [3.63, 3.8) is 0 Å². The third kappa shape index (κ3) is 5.42. The van der Waals surface area contributed by atoms with Gasteiger partial charge in [0.2, 0.25) is 5.96 Å². The van der Waals surface area contributed by atoms with Crippen LogP contribution in [-0.4, -0.2) is 21.6 Å². The molecule has 0 radical (unpaired) electrons. The molecule has 7 nitrogen and oxygen atoms in total. The van der Waals surface area contributed by atoms with Gasteiger partial charge in [0.15, 0.2) is 0 Å². The molecule has 0 unspecified atom stereocenters. The summed E-state index contributed by atoms with van der Waals surface area (Å²) < 4.78 is 0. The second-order valence-corrected chi connectivity index (χ2v) is 8.48. The molecule has 3 aromatic carbocycles. The van der Waals surface area contributed by atoms with Gasteiger partial charge in [-0.05, 0) is 23.3 Å². The van der Waals surface area contributed by atoms with Gasteiger partial charge in [0.25, 0.3) is 0 Å². The molecule has 0 spiro atoms. The van der Waals surface area contributed by atoms with Crippen LogP contribution in [0.25, 0.3) is 10.9 Å². The number of rotatable bonds is 8. The molecule has 0 aliphatic carbocycles. The first-order valence-corrected chi connectivity index (χ1v) is 11.7. The normalized spacial score (nSPS) is 11.4. The van der Waals surface area contributed by atoms with E-state index in [4.69, 9.17) is 16.5 Å². The number of aromatic nitrogens is 2. The van der Waals surface area contributed by atoms with Gasteiger partial charge in [-0.3, -0.25) is 0 Å². The Bertz CT molecular complexity index is 1450. The van der Waals surface area contributed by atoms with Crippen LogP contribution in [-0.2, 0) is 13.1 Å². The number of benzene rings is 3. The molecule has 7 heteroatoms. The van der Waals surface area contributed by atoms with Crippen LogP contribution in [0, 0.1) is 0 Å². The molecular weight excluding hydrogens is 446 g/mol. The summed E-state index contributed by atoms with van der Waals surface area (Å²) in [7, 11) is 0. The largest absolute Gasteiger partial charge is 0.369 e. The minimum atomic E-state index is -0.0963. The number of fused-ring (bicyclic) bond motifs is 1. The van der Waals surface area contributed by atoms with E-state index < -0.39 is 0 Å². The predicted molar refractivity (Wildman–Crippen MR) is 147 cm³/mol. The zero-order valence-electron chi connectivity index (χ0n) is 19.8. The van der Waals surface area contributed by atoms with Crippen LogP contribution in [0.2, 0.25) is 0 Å². The number of nitrogens with zero attached hydrogens (tertiary/aromatic N) is 4. The van der Waals surface area contributed by atoms with Gasteiger partial charge in [-0.2, -0.15) is 0 Å². The molecule has 36 heavy (non-hydrogen) atoms. The third-order valence-corrected chi connectivity index (χ3v) is 5.82. The fourth-order valence-electron chi connectivity index (χ4n) is 4.12. The Hall–Kier alpha value is -4.91. The number of anilines is 1. The molecule has 0 amide bonds. The maximum Gasteiger partial charge on any atom is 0.211 e. The molecule has 2 heterocycles. The molecule has 0 fully saturated rings. The van der Waals surface area contributed by atoms with Crippen molar-refractivity contribution in [3.05, 3.63) is 132 Å². The lowest BCUT2D eigenvalue weighted by Gasteiger charge is -2.24. The second kappa shape index (κ2) is 10.6. The van der Waals surface area contributed by atoms with E-state index in [1.807, 2.05) is 48.7 Å². The highest BCUT2D eigenvalue weighted by Gasteiger charge is 2.15. The van der Waals surface area contributed by atoms with Crippen LogP contribution < -0.4 is 16.4 Å². The maximum absolute atomic E-state index is 5.55. The van der Waals surface area contributed by atoms with E-state index >= 15 is 0 Å². The van der Waals surface area contributed by atoms with Crippen LogP contribution in [0.15, 0.2) is 120 Å². The molecule has 5 rings (SSSR count). The Balaban J connectivity index is 1.53. The summed E-state index contributed by atoms with van der Waals surface area (Å²) in [4.78, 5) is 10.5. The summed E-state index contributed by atoms with van der Waals surface area (Å²) >= 11 is 0. The van der Waals surface area contributed by atoms with Crippen molar-refractivity contribution in [2.45, 2.75) is 13.1 Å². The van der Waals surface area contributed by atoms with Crippen LogP contribution in [0.3, 0.4) is 0 Å². The van der Waals surface area contributed by atoms with E-state index in [-0.39, 0.29) is 5.96 Å². The number of nitrogens with one attached hydrogen (secondary N) is 1. The first kappa shape index (κ1) is 22.9. The molecule has 178 valence electrons. The number of guanidine groups is 1. The van der Waals surface area contributed by atoms with Gasteiger partial charge in [-0.1, -0.05) is 91.0 Å². The molecule has 5 N–H and O–H groups in total. The van der Waals surface area contributed by atoms with Crippen molar-refractivity contribution in [2.75, 3.05) is 4.90 Å². The lowest BCUT2D eigenvalue weighted by Crippen LogP contribution is -2.23. The highest BCUT2D eigenvalue weighted by molar-refractivity contribution is 6.13. The summed E-state index contributed by atoms with van der Waals surface area (Å²) in [5.74, 6) is 0.796. The number of nitrogens with two attached hydrogens (primary N) is 2.